The molecule has 0 bridgehead atoms. The van der Waals surface area contributed by atoms with Crippen LogP contribution in [0.1, 0.15) is 18.1 Å². The minimum atomic E-state index is -0.510. The molecule has 0 aliphatic carbocycles. The number of benzene rings is 2. The van der Waals surface area contributed by atoms with Gasteiger partial charge in [-0.05, 0) is 40.1 Å². The predicted molar refractivity (Wildman–Crippen MR) is 88.9 cm³/mol. The highest BCUT2D eigenvalue weighted by atomic mass is 127. The summed E-state index contributed by atoms with van der Waals surface area (Å²) >= 11 is 1.74. The quantitative estimate of drug-likeness (QED) is 0.457. The Morgan fingerprint density at radius 3 is 2.43 bits per heavy atom. The fourth-order valence-corrected chi connectivity index (χ4v) is 2.37. The van der Waals surface area contributed by atoms with Gasteiger partial charge in [0.25, 0.3) is 5.69 Å². The highest BCUT2D eigenvalue weighted by Crippen LogP contribution is 2.29. The van der Waals surface area contributed by atoms with Gasteiger partial charge in [-0.2, -0.15) is 0 Å². The van der Waals surface area contributed by atoms with Gasteiger partial charge in [0, 0.05) is 18.7 Å². The third-order valence-corrected chi connectivity index (χ3v) is 3.98. The molecule has 4 nitrogen and oxygen atoms in total. The zero-order valence-corrected chi connectivity index (χ0v) is 13.6. The average molecular weight is 400 g/mol. The van der Waals surface area contributed by atoms with Gasteiger partial charge in [-0.1, -0.05) is 31.2 Å². The van der Waals surface area contributed by atoms with Crippen molar-refractivity contribution in [1.82, 2.24) is 0 Å². The molecule has 0 radical (unpaired) electrons. The van der Waals surface area contributed by atoms with E-state index < -0.39 is 10.7 Å². The molecule has 0 aromatic heterocycles. The predicted octanol–water partition coefficient (Wildman–Crippen LogP) is 4.51. The molecule has 0 amide bonds. The van der Waals surface area contributed by atoms with Crippen LogP contribution < -0.4 is 5.32 Å². The highest BCUT2D eigenvalue weighted by molar-refractivity contribution is 14.1. The molecule has 0 heterocycles. The van der Waals surface area contributed by atoms with E-state index in [1.54, 1.807) is 22.6 Å². The van der Waals surface area contributed by atoms with Gasteiger partial charge in [-0.3, -0.25) is 10.1 Å². The Balaban J connectivity index is 2.18. The van der Waals surface area contributed by atoms with Crippen LogP contribution in [0.3, 0.4) is 0 Å². The van der Waals surface area contributed by atoms with E-state index in [0.717, 1.165) is 12.0 Å². The third-order valence-electron chi connectivity index (χ3n) is 3.15. The van der Waals surface area contributed by atoms with Crippen LogP contribution in [0.15, 0.2) is 36.4 Å². The fraction of sp³-hybridized carbons (Fsp3) is 0.200. The van der Waals surface area contributed by atoms with Crippen LogP contribution in [0, 0.1) is 19.5 Å². The number of nitrogens with zero attached hydrogens (tertiary/aromatic N) is 1. The van der Waals surface area contributed by atoms with E-state index in [2.05, 4.69) is 12.2 Å². The van der Waals surface area contributed by atoms with Gasteiger partial charge in [0.15, 0.2) is 0 Å². The molecule has 2 rings (SSSR count). The maximum Gasteiger partial charge on any atom is 0.293 e. The summed E-state index contributed by atoms with van der Waals surface area (Å²) in [5.41, 5.74) is 2.29. The molecule has 110 valence electrons. The maximum atomic E-state index is 13.6. The smallest absolute Gasteiger partial charge is 0.293 e. The first-order valence-corrected chi connectivity index (χ1v) is 7.54. The second kappa shape index (κ2) is 6.84. The Kier molecular flexibility index (Phi) is 5.11. The lowest BCUT2D eigenvalue weighted by Crippen LogP contribution is -2.04. The van der Waals surface area contributed by atoms with Crippen molar-refractivity contribution in [3.63, 3.8) is 0 Å². The summed E-state index contributed by atoms with van der Waals surface area (Å²) in [6.07, 6.45) is 0.960. The summed E-state index contributed by atoms with van der Waals surface area (Å²) < 4.78 is 13.8. The number of anilines is 1. The van der Waals surface area contributed by atoms with Gasteiger partial charge in [-0.15, -0.1) is 0 Å². The second-order valence-corrected chi connectivity index (χ2v) is 5.73. The molecular weight excluding hydrogens is 386 g/mol. The molecule has 0 saturated heterocycles. The summed E-state index contributed by atoms with van der Waals surface area (Å²) in [7, 11) is 0. The first-order valence-electron chi connectivity index (χ1n) is 6.46. The molecule has 21 heavy (non-hydrogen) atoms. The van der Waals surface area contributed by atoms with Crippen molar-refractivity contribution in [3.8, 4) is 0 Å². The first kappa shape index (κ1) is 15.7. The Hall–Kier alpha value is -1.70. The molecule has 0 unspecified atom stereocenters. The highest BCUT2D eigenvalue weighted by Gasteiger charge is 2.17. The van der Waals surface area contributed by atoms with E-state index in [1.807, 2.05) is 24.3 Å². The Morgan fingerprint density at radius 2 is 1.86 bits per heavy atom. The summed E-state index contributed by atoms with van der Waals surface area (Å²) in [4.78, 5) is 10.5. The number of nitrogens with one attached hydrogen (secondary N) is 1. The van der Waals surface area contributed by atoms with E-state index in [9.17, 15) is 14.5 Å². The number of hydrogen-bond donors (Lipinski definition) is 1. The lowest BCUT2D eigenvalue weighted by atomic mass is 10.1. The van der Waals surface area contributed by atoms with E-state index in [4.69, 9.17) is 0 Å². The molecule has 0 atom stereocenters. The van der Waals surface area contributed by atoms with E-state index in [-0.39, 0.29) is 14.9 Å². The second-order valence-electron chi connectivity index (χ2n) is 4.56. The Bertz CT molecular complexity index is 659. The van der Waals surface area contributed by atoms with Crippen molar-refractivity contribution in [2.75, 3.05) is 5.32 Å². The Labute approximate surface area is 135 Å². The third kappa shape index (κ3) is 3.90. The van der Waals surface area contributed by atoms with Gasteiger partial charge in [0.1, 0.15) is 11.5 Å². The number of nitro benzene ring substituents is 1. The molecule has 1 N–H and O–H groups in total. The molecule has 0 spiro atoms. The van der Waals surface area contributed by atoms with Crippen LogP contribution >= 0.6 is 22.6 Å². The molecule has 6 heteroatoms. The largest absolute Gasteiger partial charge is 0.375 e. The van der Waals surface area contributed by atoms with Gasteiger partial charge < -0.3 is 5.32 Å². The maximum absolute atomic E-state index is 13.6. The van der Waals surface area contributed by atoms with Crippen LogP contribution in [0.2, 0.25) is 0 Å². The van der Waals surface area contributed by atoms with Crippen molar-refractivity contribution in [2.45, 2.75) is 19.9 Å². The summed E-state index contributed by atoms with van der Waals surface area (Å²) in [6, 6.07) is 10.3. The SMILES string of the molecule is CCc1ccc(CNc2cc(F)c(I)cc2[N+](=O)[O-])cc1. The zero-order chi connectivity index (χ0) is 15.4. The Morgan fingerprint density at radius 1 is 1.24 bits per heavy atom. The minimum absolute atomic E-state index is 0.119. The molecular formula is C15H14FIN2O2. The summed E-state index contributed by atoms with van der Waals surface area (Å²) in [5, 5.41) is 14.0. The summed E-state index contributed by atoms with van der Waals surface area (Å²) in [5.74, 6) is -0.468. The fourth-order valence-electron chi connectivity index (χ4n) is 1.92. The van der Waals surface area contributed by atoms with Crippen molar-refractivity contribution in [3.05, 3.63) is 67.0 Å². The normalized spacial score (nSPS) is 10.4. The number of rotatable bonds is 5. The van der Waals surface area contributed by atoms with Crippen LogP contribution in [0.25, 0.3) is 0 Å². The van der Waals surface area contributed by atoms with Crippen LogP contribution in [-0.4, -0.2) is 4.92 Å². The van der Waals surface area contributed by atoms with E-state index in [0.29, 0.717) is 6.54 Å². The minimum Gasteiger partial charge on any atom is -0.375 e. The zero-order valence-electron chi connectivity index (χ0n) is 11.4. The lowest BCUT2D eigenvalue weighted by Gasteiger charge is -2.09. The van der Waals surface area contributed by atoms with Crippen molar-refractivity contribution in [1.29, 1.82) is 0 Å². The number of hydrogen-bond acceptors (Lipinski definition) is 3. The number of nitro groups is 1. The molecule has 0 aliphatic rings. The van der Waals surface area contributed by atoms with E-state index >= 15 is 0 Å². The molecule has 0 fully saturated rings. The van der Waals surface area contributed by atoms with E-state index in [1.165, 1.54) is 17.7 Å². The van der Waals surface area contributed by atoms with Gasteiger partial charge in [-0.25, -0.2) is 4.39 Å². The number of halogens is 2. The van der Waals surface area contributed by atoms with Crippen LogP contribution in [0.5, 0.6) is 0 Å². The summed E-state index contributed by atoms with van der Waals surface area (Å²) in [6.45, 7) is 2.48. The molecule has 2 aromatic rings. The average Bonchev–Trinajstić information content (AvgIpc) is 2.48. The molecule has 0 aliphatic heterocycles. The first-order chi connectivity index (χ1) is 10.0. The van der Waals surface area contributed by atoms with Crippen molar-refractivity contribution >= 4 is 34.0 Å². The van der Waals surface area contributed by atoms with Crippen molar-refractivity contribution < 1.29 is 9.31 Å². The topological polar surface area (TPSA) is 55.2 Å². The van der Waals surface area contributed by atoms with Gasteiger partial charge >= 0.3 is 0 Å². The lowest BCUT2D eigenvalue weighted by molar-refractivity contribution is -0.384. The van der Waals surface area contributed by atoms with Gasteiger partial charge in [0.2, 0.25) is 0 Å². The van der Waals surface area contributed by atoms with Gasteiger partial charge in [0.05, 0.1) is 8.49 Å². The standard InChI is InChI=1S/C15H14FIN2O2/c1-2-10-3-5-11(6-4-10)9-18-14-7-12(16)13(17)8-15(14)19(20)21/h3-8,18H,2,9H2,1H3. The van der Waals surface area contributed by atoms with Crippen LogP contribution in [0.4, 0.5) is 15.8 Å². The molecule has 0 saturated carbocycles. The molecule has 2 aromatic carbocycles. The van der Waals surface area contributed by atoms with Crippen molar-refractivity contribution in [2.24, 2.45) is 0 Å². The number of aryl methyl sites for hydroxylation is 1. The van der Waals surface area contributed by atoms with Crippen LogP contribution in [-0.2, 0) is 13.0 Å². The monoisotopic (exact) mass is 400 g/mol.